The summed E-state index contributed by atoms with van der Waals surface area (Å²) in [5, 5.41) is 3.39. The summed E-state index contributed by atoms with van der Waals surface area (Å²) >= 11 is 3.62. The van der Waals surface area contributed by atoms with Crippen molar-refractivity contribution in [2.75, 3.05) is 38.1 Å². The largest absolute Gasteiger partial charge is 0.370 e. The average molecular weight is 352 g/mol. The average Bonchev–Trinajstić information content (AvgIpc) is 2.83. The molecular weight excluding hydrogens is 326 g/mol. The van der Waals surface area contributed by atoms with Gasteiger partial charge in [0, 0.05) is 41.9 Å². The van der Waals surface area contributed by atoms with E-state index in [4.69, 9.17) is 0 Å². The molecule has 1 aromatic carbocycles. The number of nitrogens with zero attached hydrogens (tertiary/aromatic N) is 2. The lowest BCUT2D eigenvalue weighted by Crippen LogP contribution is -2.37. The summed E-state index contributed by atoms with van der Waals surface area (Å²) in [4.78, 5) is 5.31. The monoisotopic (exact) mass is 351 g/mol. The lowest BCUT2D eigenvalue weighted by molar-refractivity contribution is 0.273. The van der Waals surface area contributed by atoms with Crippen LogP contribution in [0.25, 0.3) is 0 Å². The van der Waals surface area contributed by atoms with Crippen LogP contribution < -0.4 is 10.2 Å². The number of fused-ring (bicyclic) bond motifs is 1. The maximum Gasteiger partial charge on any atom is 0.0415 e. The fourth-order valence-electron chi connectivity index (χ4n) is 3.74. The second kappa shape index (κ2) is 6.67. The summed E-state index contributed by atoms with van der Waals surface area (Å²) in [5.74, 6) is 0. The first kappa shape index (κ1) is 15.3. The Bertz CT molecular complexity index is 491. The van der Waals surface area contributed by atoms with Crippen molar-refractivity contribution in [3.63, 3.8) is 0 Å². The summed E-state index contributed by atoms with van der Waals surface area (Å²) in [5.41, 5.74) is 2.81. The molecule has 2 saturated heterocycles. The molecule has 2 unspecified atom stereocenters. The third-order valence-electron chi connectivity index (χ3n) is 5.03. The maximum atomic E-state index is 3.62. The lowest BCUT2D eigenvalue weighted by Gasteiger charge is -2.30. The van der Waals surface area contributed by atoms with Crippen LogP contribution in [0, 0.1) is 0 Å². The van der Waals surface area contributed by atoms with Crippen LogP contribution in [0.4, 0.5) is 5.69 Å². The predicted molar refractivity (Wildman–Crippen MR) is 93.0 cm³/mol. The summed E-state index contributed by atoms with van der Waals surface area (Å²) in [7, 11) is 2.04. The highest BCUT2D eigenvalue weighted by Gasteiger charge is 2.29. The molecule has 3 nitrogen and oxygen atoms in total. The lowest BCUT2D eigenvalue weighted by atomic mass is 10.0. The minimum atomic E-state index is 0.375. The van der Waals surface area contributed by atoms with Crippen LogP contribution in [0.3, 0.4) is 0 Å². The molecule has 3 rings (SSSR count). The zero-order valence-corrected chi connectivity index (χ0v) is 14.7. The van der Waals surface area contributed by atoms with E-state index in [-0.39, 0.29) is 0 Å². The Labute approximate surface area is 136 Å². The normalized spacial score (nSPS) is 24.7. The molecule has 0 saturated carbocycles. The minimum absolute atomic E-state index is 0.375. The Morgan fingerprint density at radius 1 is 1.24 bits per heavy atom. The molecule has 4 heteroatoms. The standard InChI is InChI=1S/C17H26BrN3/c1-13(19-2)16-11-14(18)6-7-17(16)21-10-4-9-20-8-3-5-15(20)12-21/h6-7,11,13,15,19H,3-5,8-10,12H2,1-2H3. The maximum absolute atomic E-state index is 3.62. The van der Waals surface area contributed by atoms with E-state index in [0.717, 1.165) is 6.04 Å². The zero-order chi connectivity index (χ0) is 14.8. The van der Waals surface area contributed by atoms with E-state index in [1.165, 1.54) is 61.2 Å². The van der Waals surface area contributed by atoms with Crippen molar-refractivity contribution in [1.29, 1.82) is 0 Å². The van der Waals surface area contributed by atoms with Crippen LogP contribution in [-0.4, -0.2) is 44.2 Å². The molecule has 116 valence electrons. The van der Waals surface area contributed by atoms with E-state index in [1.807, 2.05) is 7.05 Å². The Morgan fingerprint density at radius 3 is 2.86 bits per heavy atom. The topological polar surface area (TPSA) is 18.5 Å². The van der Waals surface area contributed by atoms with Gasteiger partial charge in [-0.3, -0.25) is 4.90 Å². The number of rotatable bonds is 3. The van der Waals surface area contributed by atoms with Gasteiger partial charge in [0.2, 0.25) is 0 Å². The molecule has 2 aliphatic heterocycles. The van der Waals surface area contributed by atoms with E-state index < -0.39 is 0 Å². The van der Waals surface area contributed by atoms with Crippen molar-refractivity contribution < 1.29 is 0 Å². The van der Waals surface area contributed by atoms with E-state index >= 15 is 0 Å². The predicted octanol–water partition coefficient (Wildman–Crippen LogP) is 3.40. The molecule has 0 amide bonds. The molecule has 2 heterocycles. The first-order chi connectivity index (χ1) is 10.2. The molecule has 1 aromatic rings. The van der Waals surface area contributed by atoms with E-state index in [1.54, 1.807) is 0 Å². The van der Waals surface area contributed by atoms with Gasteiger partial charge >= 0.3 is 0 Å². The quantitative estimate of drug-likeness (QED) is 0.900. The summed E-state index contributed by atoms with van der Waals surface area (Å²) in [6.07, 6.45) is 4.02. The van der Waals surface area contributed by atoms with Gasteiger partial charge in [-0.15, -0.1) is 0 Å². The first-order valence-corrected chi connectivity index (χ1v) is 8.94. The molecule has 0 bridgehead atoms. The Morgan fingerprint density at radius 2 is 2.05 bits per heavy atom. The van der Waals surface area contributed by atoms with Gasteiger partial charge in [-0.2, -0.15) is 0 Å². The number of hydrogen-bond acceptors (Lipinski definition) is 3. The first-order valence-electron chi connectivity index (χ1n) is 8.14. The summed E-state index contributed by atoms with van der Waals surface area (Å²) < 4.78 is 1.17. The van der Waals surface area contributed by atoms with Gasteiger partial charge in [0.1, 0.15) is 0 Å². The molecule has 0 aromatic heterocycles. The summed E-state index contributed by atoms with van der Waals surface area (Å²) in [6, 6.07) is 7.87. The van der Waals surface area contributed by atoms with Crippen molar-refractivity contribution in [2.45, 2.75) is 38.3 Å². The highest BCUT2D eigenvalue weighted by molar-refractivity contribution is 9.10. The van der Waals surface area contributed by atoms with Crippen LogP contribution in [-0.2, 0) is 0 Å². The molecule has 2 fully saturated rings. The summed E-state index contributed by atoms with van der Waals surface area (Å²) in [6.45, 7) is 7.18. The van der Waals surface area contributed by atoms with Crippen molar-refractivity contribution in [1.82, 2.24) is 10.2 Å². The van der Waals surface area contributed by atoms with Gasteiger partial charge in [0.05, 0.1) is 0 Å². The van der Waals surface area contributed by atoms with Crippen molar-refractivity contribution in [3.05, 3.63) is 28.2 Å². The van der Waals surface area contributed by atoms with Crippen LogP contribution in [0.5, 0.6) is 0 Å². The van der Waals surface area contributed by atoms with Gasteiger partial charge < -0.3 is 10.2 Å². The van der Waals surface area contributed by atoms with Gasteiger partial charge in [-0.1, -0.05) is 15.9 Å². The molecule has 1 N–H and O–H groups in total. The SMILES string of the molecule is CNC(C)c1cc(Br)ccc1N1CCCN2CCCC2C1. The van der Waals surface area contributed by atoms with Gasteiger partial charge in [0.25, 0.3) is 0 Å². The van der Waals surface area contributed by atoms with Crippen molar-refractivity contribution in [3.8, 4) is 0 Å². The number of hydrogen-bond donors (Lipinski definition) is 1. The molecule has 2 aliphatic rings. The third-order valence-corrected chi connectivity index (χ3v) is 5.53. The molecule has 21 heavy (non-hydrogen) atoms. The fourth-order valence-corrected chi connectivity index (χ4v) is 4.12. The number of benzene rings is 1. The number of nitrogens with one attached hydrogen (secondary N) is 1. The molecule has 0 radical (unpaired) electrons. The zero-order valence-electron chi connectivity index (χ0n) is 13.1. The fraction of sp³-hybridized carbons (Fsp3) is 0.647. The van der Waals surface area contributed by atoms with Gasteiger partial charge in [0.15, 0.2) is 0 Å². The van der Waals surface area contributed by atoms with E-state index in [9.17, 15) is 0 Å². The van der Waals surface area contributed by atoms with E-state index in [0.29, 0.717) is 6.04 Å². The molecule has 0 spiro atoms. The second-order valence-electron chi connectivity index (χ2n) is 6.35. The highest BCUT2D eigenvalue weighted by atomic mass is 79.9. The minimum Gasteiger partial charge on any atom is -0.370 e. The van der Waals surface area contributed by atoms with Crippen LogP contribution in [0.2, 0.25) is 0 Å². The second-order valence-corrected chi connectivity index (χ2v) is 7.26. The Hall–Kier alpha value is -0.580. The molecule has 0 aliphatic carbocycles. The molecule has 2 atom stereocenters. The van der Waals surface area contributed by atoms with Crippen molar-refractivity contribution >= 4 is 21.6 Å². The van der Waals surface area contributed by atoms with E-state index in [2.05, 4.69) is 56.2 Å². The number of anilines is 1. The van der Waals surface area contributed by atoms with Crippen LogP contribution in [0.1, 0.15) is 37.8 Å². The smallest absolute Gasteiger partial charge is 0.0415 e. The Kier molecular flexibility index (Phi) is 4.87. The highest BCUT2D eigenvalue weighted by Crippen LogP contribution is 2.32. The van der Waals surface area contributed by atoms with Gasteiger partial charge in [-0.25, -0.2) is 0 Å². The van der Waals surface area contributed by atoms with Crippen molar-refractivity contribution in [2.24, 2.45) is 0 Å². The number of halogens is 1. The van der Waals surface area contributed by atoms with Gasteiger partial charge in [-0.05, 0) is 63.5 Å². The molecular formula is C17H26BrN3. The van der Waals surface area contributed by atoms with Crippen LogP contribution in [0.15, 0.2) is 22.7 Å². The third kappa shape index (κ3) is 3.27. The van der Waals surface area contributed by atoms with Crippen LogP contribution >= 0.6 is 15.9 Å². The Balaban J connectivity index is 1.88.